The second kappa shape index (κ2) is 4.93. The van der Waals surface area contributed by atoms with Gasteiger partial charge in [-0.25, -0.2) is 17.2 Å². The minimum absolute atomic E-state index is 0.136. The molecule has 1 N–H and O–H groups in total. The predicted molar refractivity (Wildman–Crippen MR) is 66.1 cm³/mol. The average Bonchev–Trinajstić information content (AvgIpc) is 2.35. The quantitative estimate of drug-likeness (QED) is 0.942. The van der Waals surface area contributed by atoms with E-state index in [9.17, 15) is 17.2 Å². The molecule has 0 saturated carbocycles. The third-order valence-electron chi connectivity index (χ3n) is 2.46. The van der Waals surface area contributed by atoms with Crippen LogP contribution in [0.25, 0.3) is 0 Å². The van der Waals surface area contributed by atoms with E-state index in [1.807, 2.05) is 0 Å². The van der Waals surface area contributed by atoms with Gasteiger partial charge in [-0.1, -0.05) is 0 Å². The van der Waals surface area contributed by atoms with E-state index in [2.05, 4.69) is 9.71 Å². The smallest absolute Gasteiger partial charge is 0.262 e. The maximum absolute atomic E-state index is 13.3. The molecule has 0 saturated heterocycles. The van der Waals surface area contributed by atoms with Crippen molar-refractivity contribution in [2.24, 2.45) is 0 Å². The molecule has 1 aromatic heterocycles. The zero-order chi connectivity index (χ0) is 14.0. The second-order valence-corrected chi connectivity index (χ2v) is 5.55. The first-order chi connectivity index (χ1) is 8.90. The summed E-state index contributed by atoms with van der Waals surface area (Å²) in [6, 6.07) is 4.54. The number of rotatable bonds is 3. The van der Waals surface area contributed by atoms with Crippen LogP contribution >= 0.6 is 0 Å². The van der Waals surface area contributed by atoms with Gasteiger partial charge in [-0.3, -0.25) is 9.71 Å². The van der Waals surface area contributed by atoms with Crippen LogP contribution in [-0.4, -0.2) is 13.4 Å². The normalized spacial score (nSPS) is 11.3. The molecule has 4 nitrogen and oxygen atoms in total. The van der Waals surface area contributed by atoms with Gasteiger partial charge in [0.25, 0.3) is 10.0 Å². The Bertz CT molecular complexity index is 717. The van der Waals surface area contributed by atoms with Gasteiger partial charge in [0.15, 0.2) is 5.82 Å². The topological polar surface area (TPSA) is 59.1 Å². The molecule has 0 amide bonds. The van der Waals surface area contributed by atoms with Gasteiger partial charge in [0.2, 0.25) is 0 Å². The molecule has 0 aliphatic heterocycles. The fourth-order valence-electron chi connectivity index (χ4n) is 1.45. The Morgan fingerprint density at radius 3 is 2.53 bits per heavy atom. The summed E-state index contributed by atoms with van der Waals surface area (Å²) < 4.78 is 52.5. The molecule has 0 spiro atoms. The molecule has 2 aromatic rings. The fraction of sp³-hybridized carbons (Fsp3) is 0.0833. The Morgan fingerprint density at radius 1 is 1.16 bits per heavy atom. The van der Waals surface area contributed by atoms with Crippen LogP contribution in [0.2, 0.25) is 0 Å². The van der Waals surface area contributed by atoms with Crippen LogP contribution in [0.5, 0.6) is 0 Å². The van der Waals surface area contributed by atoms with Gasteiger partial charge in [-0.15, -0.1) is 0 Å². The van der Waals surface area contributed by atoms with Gasteiger partial charge >= 0.3 is 0 Å². The van der Waals surface area contributed by atoms with E-state index in [-0.39, 0.29) is 16.1 Å². The first kappa shape index (κ1) is 13.4. The van der Waals surface area contributed by atoms with E-state index >= 15 is 0 Å². The van der Waals surface area contributed by atoms with Crippen LogP contribution in [-0.2, 0) is 10.0 Å². The molecular formula is C12H10F2N2O2S. The maximum atomic E-state index is 13.3. The fourth-order valence-corrected chi connectivity index (χ4v) is 2.60. The van der Waals surface area contributed by atoms with Crippen molar-refractivity contribution in [1.29, 1.82) is 0 Å². The number of nitrogens with zero attached hydrogens (tertiary/aromatic N) is 1. The largest absolute Gasteiger partial charge is 0.277 e. The highest BCUT2D eigenvalue weighted by Crippen LogP contribution is 2.19. The number of hydrogen-bond donors (Lipinski definition) is 1. The number of aryl methyl sites for hydroxylation is 1. The van der Waals surface area contributed by atoms with Gasteiger partial charge in [-0.2, -0.15) is 0 Å². The number of pyridine rings is 1. The molecule has 100 valence electrons. The van der Waals surface area contributed by atoms with Crippen LogP contribution in [0, 0.1) is 18.6 Å². The number of halogens is 2. The summed E-state index contributed by atoms with van der Waals surface area (Å²) in [5.74, 6) is -1.29. The highest BCUT2D eigenvalue weighted by molar-refractivity contribution is 7.92. The van der Waals surface area contributed by atoms with Crippen molar-refractivity contribution in [3.63, 3.8) is 0 Å². The molecule has 1 aromatic carbocycles. The monoisotopic (exact) mass is 284 g/mol. The zero-order valence-corrected chi connectivity index (χ0v) is 10.7. The molecule has 0 unspecified atom stereocenters. The molecule has 1 heterocycles. The number of hydrogen-bond acceptors (Lipinski definition) is 3. The summed E-state index contributed by atoms with van der Waals surface area (Å²) in [6.45, 7) is 1.45. The molecule has 0 aliphatic carbocycles. The lowest BCUT2D eigenvalue weighted by atomic mass is 10.2. The molecule has 7 heteroatoms. The number of benzene rings is 1. The lowest BCUT2D eigenvalue weighted by Crippen LogP contribution is -2.14. The van der Waals surface area contributed by atoms with Crippen molar-refractivity contribution in [2.75, 3.05) is 4.72 Å². The third-order valence-corrected chi connectivity index (χ3v) is 3.82. The van der Waals surface area contributed by atoms with Crippen LogP contribution < -0.4 is 4.72 Å². The number of aromatic nitrogens is 1. The van der Waals surface area contributed by atoms with E-state index in [0.29, 0.717) is 0 Å². The minimum atomic E-state index is -3.96. The van der Waals surface area contributed by atoms with E-state index < -0.39 is 21.7 Å². The average molecular weight is 284 g/mol. The zero-order valence-electron chi connectivity index (χ0n) is 9.89. The third kappa shape index (κ3) is 2.87. The van der Waals surface area contributed by atoms with Crippen molar-refractivity contribution in [3.8, 4) is 0 Å². The summed E-state index contributed by atoms with van der Waals surface area (Å²) in [4.78, 5) is 3.38. The van der Waals surface area contributed by atoms with Gasteiger partial charge in [-0.05, 0) is 36.8 Å². The van der Waals surface area contributed by atoms with E-state index in [1.165, 1.54) is 25.3 Å². The second-order valence-electron chi connectivity index (χ2n) is 3.87. The van der Waals surface area contributed by atoms with Gasteiger partial charge in [0, 0.05) is 6.20 Å². The summed E-state index contributed by atoms with van der Waals surface area (Å²) in [5, 5.41) is 0. The SMILES string of the molecule is Cc1cc(S(=O)(=O)Nc2ccncc2F)ccc1F. The lowest BCUT2D eigenvalue weighted by Gasteiger charge is -2.09. The first-order valence-electron chi connectivity index (χ1n) is 5.28. The van der Waals surface area contributed by atoms with Gasteiger partial charge in [0.1, 0.15) is 5.82 Å². The Balaban J connectivity index is 2.38. The Hall–Kier alpha value is -2.02. The predicted octanol–water partition coefficient (Wildman–Crippen LogP) is 2.47. The number of nitrogens with one attached hydrogen (secondary N) is 1. The maximum Gasteiger partial charge on any atom is 0.262 e. The van der Waals surface area contributed by atoms with Crippen molar-refractivity contribution in [2.45, 2.75) is 11.8 Å². The summed E-state index contributed by atoms with van der Waals surface area (Å²) in [5.41, 5.74) is -0.0185. The first-order valence-corrected chi connectivity index (χ1v) is 6.77. The van der Waals surface area contributed by atoms with Crippen molar-refractivity contribution >= 4 is 15.7 Å². The molecule has 0 fully saturated rings. The van der Waals surface area contributed by atoms with Crippen LogP contribution in [0.1, 0.15) is 5.56 Å². The van der Waals surface area contributed by atoms with E-state index in [4.69, 9.17) is 0 Å². The Kier molecular flexibility index (Phi) is 3.48. The molecule has 0 aliphatic rings. The Morgan fingerprint density at radius 2 is 1.89 bits per heavy atom. The standard InChI is InChI=1S/C12H10F2N2O2S/c1-8-6-9(2-3-10(8)13)19(17,18)16-12-4-5-15-7-11(12)14/h2-7H,1H3,(H,15,16). The number of sulfonamides is 1. The highest BCUT2D eigenvalue weighted by Gasteiger charge is 2.17. The van der Waals surface area contributed by atoms with Crippen molar-refractivity contribution in [1.82, 2.24) is 4.98 Å². The Labute approximate surface area is 109 Å². The van der Waals surface area contributed by atoms with E-state index in [1.54, 1.807) is 0 Å². The molecule has 0 radical (unpaired) electrons. The highest BCUT2D eigenvalue weighted by atomic mass is 32.2. The molecule has 2 rings (SSSR count). The van der Waals surface area contributed by atoms with Crippen LogP contribution in [0.4, 0.5) is 14.5 Å². The molecule has 19 heavy (non-hydrogen) atoms. The summed E-state index contributed by atoms with van der Waals surface area (Å²) in [6.07, 6.45) is 2.16. The van der Waals surface area contributed by atoms with Crippen LogP contribution in [0.3, 0.4) is 0 Å². The van der Waals surface area contributed by atoms with Crippen molar-refractivity contribution < 1.29 is 17.2 Å². The summed E-state index contributed by atoms with van der Waals surface area (Å²) in [7, 11) is -3.96. The van der Waals surface area contributed by atoms with Gasteiger partial charge in [0.05, 0.1) is 16.8 Å². The molecular weight excluding hydrogens is 274 g/mol. The van der Waals surface area contributed by atoms with E-state index in [0.717, 1.165) is 18.3 Å². The molecule has 0 atom stereocenters. The summed E-state index contributed by atoms with van der Waals surface area (Å²) >= 11 is 0. The van der Waals surface area contributed by atoms with Crippen molar-refractivity contribution in [3.05, 3.63) is 53.9 Å². The molecule has 0 bridgehead atoms. The minimum Gasteiger partial charge on any atom is -0.277 e. The van der Waals surface area contributed by atoms with Gasteiger partial charge < -0.3 is 0 Å². The lowest BCUT2D eigenvalue weighted by molar-refractivity contribution is 0.595. The number of anilines is 1. The van der Waals surface area contributed by atoms with Crippen LogP contribution in [0.15, 0.2) is 41.6 Å².